The Balaban J connectivity index is 1.75. The van der Waals surface area contributed by atoms with Gasteiger partial charge in [-0.05, 0) is 37.1 Å². The summed E-state index contributed by atoms with van der Waals surface area (Å²) in [6, 6.07) is 9.62. The van der Waals surface area contributed by atoms with Crippen LogP contribution in [0.5, 0.6) is 0 Å². The minimum Gasteiger partial charge on any atom is -0.373 e. The second-order valence-corrected chi connectivity index (χ2v) is 5.53. The molecule has 3 heterocycles. The number of amides is 1. The molecular weight excluding hydrogens is 276 g/mol. The summed E-state index contributed by atoms with van der Waals surface area (Å²) in [6.07, 6.45) is 5.38. The number of pyridine rings is 2. The zero-order chi connectivity index (χ0) is 15.4. The highest BCUT2D eigenvalue weighted by atomic mass is 16.2. The predicted molar refractivity (Wildman–Crippen MR) is 85.9 cm³/mol. The van der Waals surface area contributed by atoms with Crippen molar-refractivity contribution < 1.29 is 4.79 Å². The van der Waals surface area contributed by atoms with Crippen LogP contribution in [0.2, 0.25) is 0 Å². The number of likely N-dealkylation sites (tertiary alicyclic amines) is 1. The second-order valence-electron chi connectivity index (χ2n) is 5.53. The summed E-state index contributed by atoms with van der Waals surface area (Å²) in [7, 11) is 1.87. The first-order valence-corrected chi connectivity index (χ1v) is 7.62. The molecule has 5 nitrogen and oxygen atoms in total. The molecule has 0 radical (unpaired) electrons. The van der Waals surface area contributed by atoms with E-state index < -0.39 is 0 Å². The van der Waals surface area contributed by atoms with Crippen molar-refractivity contribution in [3.8, 4) is 0 Å². The third-order valence-corrected chi connectivity index (χ3v) is 4.06. The molecule has 2 aromatic heterocycles. The van der Waals surface area contributed by atoms with Crippen molar-refractivity contribution in [2.24, 2.45) is 0 Å². The fourth-order valence-electron chi connectivity index (χ4n) is 2.89. The third kappa shape index (κ3) is 3.08. The minimum absolute atomic E-state index is 0.0579. The van der Waals surface area contributed by atoms with Crippen molar-refractivity contribution in [1.82, 2.24) is 14.9 Å². The lowest BCUT2D eigenvalue weighted by Gasteiger charge is -2.32. The molecule has 1 saturated heterocycles. The Bertz CT molecular complexity index is 644. The minimum atomic E-state index is 0.0579. The molecule has 5 heteroatoms. The normalized spacial score (nSPS) is 18.0. The van der Waals surface area contributed by atoms with Crippen molar-refractivity contribution >= 4 is 11.7 Å². The number of piperidine rings is 1. The lowest BCUT2D eigenvalue weighted by molar-refractivity contribution is 0.0705. The summed E-state index contributed by atoms with van der Waals surface area (Å²) in [6.45, 7) is 1.52. The van der Waals surface area contributed by atoms with Gasteiger partial charge in [0.2, 0.25) is 0 Å². The van der Waals surface area contributed by atoms with Crippen molar-refractivity contribution in [3.63, 3.8) is 0 Å². The van der Waals surface area contributed by atoms with Gasteiger partial charge >= 0.3 is 0 Å². The number of carbonyl (C=O) groups is 1. The summed E-state index contributed by atoms with van der Waals surface area (Å²) >= 11 is 0. The van der Waals surface area contributed by atoms with Crippen LogP contribution in [0, 0.1) is 0 Å². The van der Waals surface area contributed by atoms with E-state index in [0.717, 1.165) is 30.9 Å². The zero-order valence-electron chi connectivity index (χ0n) is 12.7. The summed E-state index contributed by atoms with van der Waals surface area (Å²) in [5.41, 5.74) is 1.70. The van der Waals surface area contributed by atoms with E-state index in [0.29, 0.717) is 18.0 Å². The molecule has 1 amide bonds. The lowest BCUT2D eigenvalue weighted by atomic mass is 9.94. The summed E-state index contributed by atoms with van der Waals surface area (Å²) in [5, 5.41) is 3.07. The van der Waals surface area contributed by atoms with Gasteiger partial charge in [0.1, 0.15) is 5.82 Å². The van der Waals surface area contributed by atoms with Gasteiger partial charge in [0, 0.05) is 44.1 Å². The van der Waals surface area contributed by atoms with Crippen LogP contribution in [0.15, 0.2) is 42.7 Å². The maximum atomic E-state index is 12.6. The Labute approximate surface area is 130 Å². The van der Waals surface area contributed by atoms with Gasteiger partial charge in [0.25, 0.3) is 5.91 Å². The van der Waals surface area contributed by atoms with Crippen LogP contribution in [-0.4, -0.2) is 40.9 Å². The first kappa shape index (κ1) is 14.5. The van der Waals surface area contributed by atoms with Gasteiger partial charge in [-0.15, -0.1) is 0 Å². The molecule has 0 spiro atoms. The van der Waals surface area contributed by atoms with E-state index in [9.17, 15) is 4.79 Å². The molecule has 1 aliphatic heterocycles. The number of nitrogens with one attached hydrogen (secondary N) is 1. The number of anilines is 1. The Morgan fingerprint density at radius 3 is 3.00 bits per heavy atom. The standard InChI is InChI=1S/C17H20N4O/c1-18-16-8-2-7-15(20-16)14-6-4-10-21(12-14)17(22)13-5-3-9-19-11-13/h2-3,5,7-9,11,14H,4,6,10,12H2,1H3,(H,18,20). The van der Waals surface area contributed by atoms with Crippen LogP contribution in [0.3, 0.4) is 0 Å². The number of hydrogen-bond acceptors (Lipinski definition) is 4. The van der Waals surface area contributed by atoms with Gasteiger partial charge < -0.3 is 10.2 Å². The van der Waals surface area contributed by atoms with Crippen molar-refractivity contribution in [2.75, 3.05) is 25.5 Å². The fraction of sp³-hybridized carbons (Fsp3) is 0.353. The quantitative estimate of drug-likeness (QED) is 0.945. The molecule has 0 aromatic carbocycles. The van der Waals surface area contributed by atoms with E-state index >= 15 is 0 Å². The van der Waals surface area contributed by atoms with Crippen molar-refractivity contribution in [1.29, 1.82) is 0 Å². The molecule has 22 heavy (non-hydrogen) atoms. The van der Waals surface area contributed by atoms with Crippen LogP contribution in [-0.2, 0) is 0 Å². The summed E-state index contributed by atoms with van der Waals surface area (Å²) < 4.78 is 0. The highest BCUT2D eigenvalue weighted by Crippen LogP contribution is 2.27. The van der Waals surface area contributed by atoms with E-state index in [4.69, 9.17) is 0 Å². The van der Waals surface area contributed by atoms with E-state index in [-0.39, 0.29) is 5.91 Å². The van der Waals surface area contributed by atoms with Gasteiger partial charge in [-0.25, -0.2) is 4.98 Å². The smallest absolute Gasteiger partial charge is 0.255 e. The highest BCUT2D eigenvalue weighted by molar-refractivity contribution is 5.94. The van der Waals surface area contributed by atoms with E-state index in [1.807, 2.05) is 36.2 Å². The molecule has 0 bridgehead atoms. The Kier molecular flexibility index (Phi) is 4.32. The average Bonchev–Trinajstić information content (AvgIpc) is 2.62. The third-order valence-electron chi connectivity index (χ3n) is 4.06. The first-order valence-electron chi connectivity index (χ1n) is 7.62. The average molecular weight is 296 g/mol. The van der Waals surface area contributed by atoms with Crippen LogP contribution in [0.1, 0.15) is 34.8 Å². The number of carbonyl (C=O) groups excluding carboxylic acids is 1. The summed E-state index contributed by atoms with van der Waals surface area (Å²) in [4.78, 5) is 23.1. The van der Waals surface area contributed by atoms with Crippen LogP contribution in [0.25, 0.3) is 0 Å². The molecule has 0 saturated carbocycles. The SMILES string of the molecule is CNc1cccc(C2CCCN(C(=O)c3cccnc3)C2)n1. The molecule has 1 N–H and O–H groups in total. The lowest BCUT2D eigenvalue weighted by Crippen LogP contribution is -2.39. The number of rotatable bonds is 3. The van der Waals surface area contributed by atoms with E-state index in [2.05, 4.69) is 15.3 Å². The number of aromatic nitrogens is 2. The van der Waals surface area contributed by atoms with Crippen molar-refractivity contribution in [3.05, 3.63) is 54.0 Å². The van der Waals surface area contributed by atoms with Gasteiger partial charge in [-0.2, -0.15) is 0 Å². The fourth-order valence-corrected chi connectivity index (χ4v) is 2.89. The van der Waals surface area contributed by atoms with Crippen LogP contribution < -0.4 is 5.32 Å². The van der Waals surface area contributed by atoms with Crippen molar-refractivity contribution in [2.45, 2.75) is 18.8 Å². The topological polar surface area (TPSA) is 58.1 Å². The van der Waals surface area contributed by atoms with Gasteiger partial charge in [-0.3, -0.25) is 9.78 Å². The Morgan fingerprint density at radius 1 is 1.32 bits per heavy atom. The maximum absolute atomic E-state index is 12.6. The molecule has 1 atom stereocenters. The van der Waals surface area contributed by atoms with Gasteiger partial charge in [-0.1, -0.05) is 6.07 Å². The molecule has 2 aromatic rings. The molecule has 114 valence electrons. The monoisotopic (exact) mass is 296 g/mol. The maximum Gasteiger partial charge on any atom is 0.255 e. The number of hydrogen-bond donors (Lipinski definition) is 1. The van der Waals surface area contributed by atoms with Crippen LogP contribution in [0.4, 0.5) is 5.82 Å². The Hall–Kier alpha value is -2.43. The molecule has 1 aliphatic rings. The van der Waals surface area contributed by atoms with E-state index in [1.54, 1.807) is 18.5 Å². The molecule has 1 unspecified atom stereocenters. The van der Waals surface area contributed by atoms with Gasteiger partial charge in [0.15, 0.2) is 0 Å². The highest BCUT2D eigenvalue weighted by Gasteiger charge is 2.26. The van der Waals surface area contributed by atoms with E-state index in [1.165, 1.54) is 0 Å². The predicted octanol–water partition coefficient (Wildman–Crippen LogP) is 2.54. The number of nitrogens with zero attached hydrogens (tertiary/aromatic N) is 3. The molecule has 1 fully saturated rings. The Morgan fingerprint density at radius 2 is 2.23 bits per heavy atom. The first-order chi connectivity index (χ1) is 10.8. The van der Waals surface area contributed by atoms with Gasteiger partial charge in [0.05, 0.1) is 5.56 Å². The summed E-state index contributed by atoms with van der Waals surface area (Å²) in [5.74, 6) is 1.22. The zero-order valence-corrected chi connectivity index (χ0v) is 12.7. The molecule has 0 aliphatic carbocycles. The second kappa shape index (κ2) is 6.56. The molecule has 3 rings (SSSR count). The molecular formula is C17H20N4O. The van der Waals surface area contributed by atoms with Crippen LogP contribution >= 0.6 is 0 Å². The largest absolute Gasteiger partial charge is 0.373 e.